The van der Waals surface area contributed by atoms with Crippen LogP contribution in [0.25, 0.3) is 0 Å². The number of ether oxygens (including phenoxy) is 2. The predicted molar refractivity (Wildman–Crippen MR) is 90.3 cm³/mol. The second-order valence-corrected chi connectivity index (χ2v) is 5.99. The van der Waals surface area contributed by atoms with Crippen LogP contribution in [0.1, 0.15) is 28.4 Å². The lowest BCUT2D eigenvalue weighted by molar-refractivity contribution is 0.0715. The van der Waals surface area contributed by atoms with Crippen molar-refractivity contribution < 1.29 is 23.8 Å². The minimum Gasteiger partial charge on any atom is -0.493 e. The van der Waals surface area contributed by atoms with Gasteiger partial charge in [0.05, 0.1) is 26.4 Å². The Balaban J connectivity index is 1.92. The van der Waals surface area contributed by atoms with Gasteiger partial charge < -0.3 is 19.5 Å². The third kappa shape index (κ3) is 3.44. The first-order chi connectivity index (χ1) is 12.0. The summed E-state index contributed by atoms with van der Waals surface area (Å²) in [6.45, 7) is 0.203. The largest absolute Gasteiger partial charge is 0.493 e. The number of carbonyl (C=O) groups excluding carboxylic acids is 1. The van der Waals surface area contributed by atoms with Crippen molar-refractivity contribution in [3.8, 4) is 11.5 Å². The fourth-order valence-corrected chi connectivity index (χ4v) is 3.20. The minimum absolute atomic E-state index is 0.203. The van der Waals surface area contributed by atoms with Gasteiger partial charge in [-0.25, -0.2) is 4.39 Å². The highest BCUT2D eigenvalue weighted by Gasteiger charge is 2.36. The van der Waals surface area contributed by atoms with E-state index in [-0.39, 0.29) is 24.3 Å². The number of nitrogens with zero attached hydrogens (tertiary/aromatic N) is 1. The van der Waals surface area contributed by atoms with Crippen molar-refractivity contribution in [2.24, 2.45) is 0 Å². The number of likely N-dealkylation sites (tertiary alicyclic amines) is 1. The summed E-state index contributed by atoms with van der Waals surface area (Å²) in [6, 6.07) is 10.7. The van der Waals surface area contributed by atoms with E-state index < -0.39 is 6.10 Å². The number of aliphatic hydroxyl groups excluding tert-OH is 1. The molecule has 25 heavy (non-hydrogen) atoms. The van der Waals surface area contributed by atoms with Crippen LogP contribution in [0.4, 0.5) is 4.39 Å². The normalized spacial score (nSPS) is 19.8. The Labute approximate surface area is 145 Å². The van der Waals surface area contributed by atoms with Gasteiger partial charge in [-0.15, -0.1) is 0 Å². The Morgan fingerprint density at radius 2 is 1.92 bits per heavy atom. The van der Waals surface area contributed by atoms with Gasteiger partial charge in [0.15, 0.2) is 11.5 Å². The highest BCUT2D eigenvalue weighted by molar-refractivity contribution is 5.95. The van der Waals surface area contributed by atoms with E-state index in [4.69, 9.17) is 9.47 Å². The molecule has 132 valence electrons. The van der Waals surface area contributed by atoms with Gasteiger partial charge in [0.1, 0.15) is 5.82 Å². The summed E-state index contributed by atoms with van der Waals surface area (Å²) < 4.78 is 24.0. The molecule has 1 N–H and O–H groups in total. The topological polar surface area (TPSA) is 59.0 Å². The standard InChI is InChI=1S/C19H20FNO4/c1-24-17-7-6-13(9-18(17)25-2)19(23)21-11-15(22)10-16(21)12-4-3-5-14(20)8-12/h3-9,15-16,22H,10-11H2,1-2H3/t15-,16-/m1/s1. The summed E-state index contributed by atoms with van der Waals surface area (Å²) in [5.74, 6) is 0.377. The molecular weight excluding hydrogens is 325 g/mol. The van der Waals surface area contributed by atoms with Crippen LogP contribution in [-0.4, -0.2) is 42.8 Å². The molecule has 1 saturated heterocycles. The van der Waals surface area contributed by atoms with Crippen LogP contribution in [0.5, 0.6) is 11.5 Å². The van der Waals surface area contributed by atoms with E-state index in [1.54, 1.807) is 35.2 Å². The van der Waals surface area contributed by atoms with Crippen LogP contribution in [0.15, 0.2) is 42.5 Å². The van der Waals surface area contributed by atoms with Crippen molar-refractivity contribution in [1.29, 1.82) is 0 Å². The molecule has 2 atom stereocenters. The zero-order valence-corrected chi connectivity index (χ0v) is 14.1. The van der Waals surface area contributed by atoms with Crippen molar-refractivity contribution in [2.75, 3.05) is 20.8 Å². The molecule has 0 unspecified atom stereocenters. The molecule has 6 heteroatoms. The molecule has 1 aliphatic heterocycles. The number of β-amino-alcohol motifs (C(OH)–C–C–N with tert-alkyl or cyclic N) is 1. The van der Waals surface area contributed by atoms with Gasteiger partial charge in [0.25, 0.3) is 5.91 Å². The van der Waals surface area contributed by atoms with Gasteiger partial charge in [-0.05, 0) is 42.3 Å². The predicted octanol–water partition coefficient (Wildman–Crippen LogP) is 2.79. The average molecular weight is 345 g/mol. The molecule has 2 aromatic carbocycles. The molecule has 0 spiro atoms. The van der Waals surface area contributed by atoms with Gasteiger partial charge in [-0.1, -0.05) is 12.1 Å². The molecule has 1 aliphatic rings. The van der Waals surface area contributed by atoms with E-state index in [1.807, 2.05) is 0 Å². The monoisotopic (exact) mass is 345 g/mol. The Bertz CT molecular complexity index is 780. The maximum Gasteiger partial charge on any atom is 0.254 e. The number of aliphatic hydroxyl groups is 1. The second kappa shape index (κ2) is 7.11. The van der Waals surface area contributed by atoms with Crippen molar-refractivity contribution in [3.05, 3.63) is 59.4 Å². The maximum atomic E-state index is 13.6. The van der Waals surface area contributed by atoms with Gasteiger partial charge >= 0.3 is 0 Å². The number of hydrogen-bond acceptors (Lipinski definition) is 4. The fraction of sp³-hybridized carbons (Fsp3) is 0.316. The summed E-state index contributed by atoms with van der Waals surface area (Å²) in [6.07, 6.45) is -0.264. The van der Waals surface area contributed by atoms with Crippen molar-refractivity contribution in [2.45, 2.75) is 18.6 Å². The highest BCUT2D eigenvalue weighted by Crippen LogP contribution is 2.35. The van der Waals surface area contributed by atoms with Crippen LogP contribution in [-0.2, 0) is 0 Å². The molecule has 1 heterocycles. The Hall–Kier alpha value is -2.60. The first kappa shape index (κ1) is 17.2. The zero-order valence-electron chi connectivity index (χ0n) is 14.1. The molecule has 1 fully saturated rings. The van der Waals surface area contributed by atoms with Gasteiger partial charge in [0.2, 0.25) is 0 Å². The molecular formula is C19H20FNO4. The van der Waals surface area contributed by atoms with E-state index in [1.165, 1.54) is 26.4 Å². The van der Waals surface area contributed by atoms with Crippen LogP contribution in [0.2, 0.25) is 0 Å². The molecule has 1 amide bonds. The molecule has 2 aromatic rings. The SMILES string of the molecule is COc1ccc(C(=O)N2C[C@H](O)C[C@@H]2c2cccc(F)c2)cc1OC. The first-order valence-electron chi connectivity index (χ1n) is 8.00. The lowest BCUT2D eigenvalue weighted by Gasteiger charge is -2.25. The molecule has 5 nitrogen and oxygen atoms in total. The summed E-state index contributed by atoms with van der Waals surface area (Å²) >= 11 is 0. The molecule has 3 rings (SSSR count). The van der Waals surface area contributed by atoms with E-state index in [0.29, 0.717) is 29.0 Å². The smallest absolute Gasteiger partial charge is 0.254 e. The maximum absolute atomic E-state index is 13.6. The van der Waals surface area contributed by atoms with Gasteiger partial charge in [-0.2, -0.15) is 0 Å². The highest BCUT2D eigenvalue weighted by atomic mass is 19.1. The van der Waals surface area contributed by atoms with E-state index in [2.05, 4.69) is 0 Å². The Morgan fingerprint density at radius 1 is 1.16 bits per heavy atom. The number of rotatable bonds is 4. The van der Waals surface area contributed by atoms with Gasteiger partial charge in [0, 0.05) is 12.1 Å². The van der Waals surface area contributed by atoms with Crippen LogP contribution in [0, 0.1) is 5.82 Å². The van der Waals surface area contributed by atoms with Crippen molar-refractivity contribution in [3.63, 3.8) is 0 Å². The average Bonchev–Trinajstić information content (AvgIpc) is 3.02. The van der Waals surface area contributed by atoms with Crippen molar-refractivity contribution in [1.82, 2.24) is 4.90 Å². The Kier molecular flexibility index (Phi) is 4.90. The van der Waals surface area contributed by atoms with Crippen LogP contribution in [0.3, 0.4) is 0 Å². The van der Waals surface area contributed by atoms with Crippen molar-refractivity contribution >= 4 is 5.91 Å². The minimum atomic E-state index is -0.641. The third-order valence-corrected chi connectivity index (χ3v) is 4.40. The van der Waals surface area contributed by atoms with Gasteiger partial charge in [-0.3, -0.25) is 4.79 Å². The summed E-state index contributed by atoms with van der Waals surface area (Å²) in [7, 11) is 3.03. The fourth-order valence-electron chi connectivity index (χ4n) is 3.20. The lowest BCUT2D eigenvalue weighted by Crippen LogP contribution is -2.31. The lowest BCUT2D eigenvalue weighted by atomic mass is 10.0. The summed E-state index contributed by atoms with van der Waals surface area (Å²) in [5, 5.41) is 10.0. The third-order valence-electron chi connectivity index (χ3n) is 4.40. The Morgan fingerprint density at radius 3 is 2.60 bits per heavy atom. The van der Waals surface area contributed by atoms with E-state index >= 15 is 0 Å². The zero-order chi connectivity index (χ0) is 18.0. The quantitative estimate of drug-likeness (QED) is 0.926. The molecule has 0 aromatic heterocycles. The number of hydrogen-bond donors (Lipinski definition) is 1. The van der Waals surface area contributed by atoms with Crippen LogP contribution >= 0.6 is 0 Å². The van der Waals surface area contributed by atoms with E-state index in [0.717, 1.165) is 0 Å². The molecule has 0 saturated carbocycles. The number of carbonyl (C=O) groups is 1. The number of methoxy groups -OCH3 is 2. The molecule has 0 aliphatic carbocycles. The molecule has 0 radical (unpaired) electrons. The summed E-state index contributed by atoms with van der Waals surface area (Å²) in [5.41, 5.74) is 1.10. The van der Waals surface area contributed by atoms with E-state index in [9.17, 15) is 14.3 Å². The number of benzene rings is 2. The number of halogens is 1. The van der Waals surface area contributed by atoms with Crippen LogP contribution < -0.4 is 9.47 Å². The molecule has 0 bridgehead atoms. The summed E-state index contributed by atoms with van der Waals surface area (Å²) in [4.78, 5) is 14.5. The second-order valence-electron chi connectivity index (χ2n) is 5.99. The first-order valence-corrected chi connectivity index (χ1v) is 8.00. The number of amides is 1.